The largest absolute Gasteiger partial charge is 0.0879 e. The van der Waals surface area contributed by atoms with Crippen molar-refractivity contribution in [2.75, 3.05) is 0 Å². The van der Waals surface area contributed by atoms with Crippen LogP contribution in [-0.4, -0.2) is 0 Å². The van der Waals surface area contributed by atoms with Gasteiger partial charge in [-0.05, 0) is 38.2 Å². The Morgan fingerprint density at radius 3 is 2.55 bits per heavy atom. The van der Waals surface area contributed by atoms with Crippen LogP contribution in [0.3, 0.4) is 0 Å². The van der Waals surface area contributed by atoms with Gasteiger partial charge in [0, 0.05) is 0 Å². The van der Waals surface area contributed by atoms with E-state index in [9.17, 15) is 0 Å². The first-order valence-corrected chi connectivity index (χ1v) is 4.35. The molecule has 0 aromatic rings. The van der Waals surface area contributed by atoms with Crippen LogP contribution in [0.4, 0.5) is 0 Å². The van der Waals surface area contributed by atoms with E-state index >= 15 is 0 Å². The lowest BCUT2D eigenvalue weighted by Gasteiger charge is -1.84. The van der Waals surface area contributed by atoms with Crippen molar-refractivity contribution >= 4 is 0 Å². The highest BCUT2D eigenvalue weighted by molar-refractivity contribution is 4.95. The van der Waals surface area contributed by atoms with Crippen LogP contribution in [0.1, 0.15) is 32.1 Å². The van der Waals surface area contributed by atoms with Crippen molar-refractivity contribution in [1.29, 1.82) is 0 Å². The average Bonchev–Trinajstić information content (AvgIpc) is 2.08. The molecule has 1 aliphatic carbocycles. The van der Waals surface area contributed by atoms with Crippen molar-refractivity contribution < 1.29 is 0 Å². The summed E-state index contributed by atoms with van der Waals surface area (Å²) in [5.41, 5.74) is 0. The molecule has 1 aliphatic rings. The predicted octanol–water partition coefficient (Wildman–Crippen LogP) is 3.42. The van der Waals surface area contributed by atoms with E-state index in [1.807, 2.05) is 0 Å². The van der Waals surface area contributed by atoms with E-state index in [-0.39, 0.29) is 0 Å². The van der Waals surface area contributed by atoms with E-state index < -0.39 is 0 Å². The van der Waals surface area contributed by atoms with Gasteiger partial charge in [0.15, 0.2) is 0 Å². The molecular formula is C11H15. The van der Waals surface area contributed by atoms with Gasteiger partial charge in [0.2, 0.25) is 0 Å². The lowest BCUT2D eigenvalue weighted by molar-refractivity contribution is 0.986. The van der Waals surface area contributed by atoms with Crippen LogP contribution in [0.5, 0.6) is 0 Å². The molecule has 0 bridgehead atoms. The van der Waals surface area contributed by atoms with Crippen LogP contribution in [0.2, 0.25) is 0 Å². The molecule has 11 heavy (non-hydrogen) atoms. The van der Waals surface area contributed by atoms with Gasteiger partial charge in [-0.1, -0.05) is 30.4 Å². The van der Waals surface area contributed by atoms with E-state index in [0.717, 1.165) is 25.7 Å². The molecule has 0 amide bonds. The minimum absolute atomic E-state index is 1.08. The number of allylic oxidation sites excluding steroid dienone is 6. The van der Waals surface area contributed by atoms with Crippen LogP contribution in [0.25, 0.3) is 0 Å². The molecule has 0 fully saturated rings. The van der Waals surface area contributed by atoms with E-state index in [1.54, 1.807) is 0 Å². The first-order chi connectivity index (χ1) is 5.50. The Balaban J connectivity index is 2.34. The SMILES string of the molecule is [C]1=C\CC/C=C\C/C=C\CC/1. The van der Waals surface area contributed by atoms with Crippen LogP contribution in [-0.2, 0) is 0 Å². The Hall–Kier alpha value is -0.780. The summed E-state index contributed by atoms with van der Waals surface area (Å²) in [7, 11) is 0. The zero-order valence-corrected chi connectivity index (χ0v) is 6.92. The average molecular weight is 147 g/mol. The standard InChI is InChI=1S/C11H15/c1-2-4-6-8-10-11-9-7-5-3-1/h1-2,5,7-8H,3-4,6,9,11H2/b2-1-,7-5-,10-8?. The molecule has 59 valence electrons. The molecule has 1 rings (SSSR count). The number of hydrogen-bond acceptors (Lipinski definition) is 0. The third-order valence-electron chi connectivity index (χ3n) is 1.68. The zero-order valence-electron chi connectivity index (χ0n) is 6.92. The smallest absolute Gasteiger partial charge is 0.0169 e. The maximum absolute atomic E-state index is 3.27. The maximum atomic E-state index is 3.27. The second-order valence-electron chi connectivity index (χ2n) is 2.70. The molecule has 0 saturated heterocycles. The van der Waals surface area contributed by atoms with E-state index in [1.165, 1.54) is 6.42 Å². The van der Waals surface area contributed by atoms with Gasteiger partial charge in [-0.2, -0.15) is 0 Å². The summed E-state index contributed by atoms with van der Waals surface area (Å²) in [5.74, 6) is 0. The molecule has 0 aromatic heterocycles. The highest BCUT2D eigenvalue weighted by Crippen LogP contribution is 2.00. The number of hydrogen-bond donors (Lipinski definition) is 0. The molecule has 0 nitrogen and oxygen atoms in total. The molecule has 0 heterocycles. The second kappa shape index (κ2) is 5.96. The lowest BCUT2D eigenvalue weighted by atomic mass is 10.2. The van der Waals surface area contributed by atoms with Gasteiger partial charge < -0.3 is 0 Å². The van der Waals surface area contributed by atoms with Gasteiger partial charge in [0.1, 0.15) is 0 Å². The van der Waals surface area contributed by atoms with Crippen molar-refractivity contribution in [3.8, 4) is 0 Å². The van der Waals surface area contributed by atoms with Crippen LogP contribution < -0.4 is 0 Å². The highest BCUT2D eigenvalue weighted by atomic mass is 13.9. The van der Waals surface area contributed by atoms with Crippen molar-refractivity contribution in [1.82, 2.24) is 0 Å². The molecule has 0 aliphatic heterocycles. The monoisotopic (exact) mass is 147 g/mol. The van der Waals surface area contributed by atoms with Crippen molar-refractivity contribution in [3.63, 3.8) is 0 Å². The van der Waals surface area contributed by atoms with Crippen molar-refractivity contribution in [2.24, 2.45) is 0 Å². The Morgan fingerprint density at radius 2 is 1.64 bits per heavy atom. The Bertz CT molecular complexity index is 143. The summed E-state index contributed by atoms with van der Waals surface area (Å²) in [6.45, 7) is 0. The second-order valence-corrected chi connectivity index (χ2v) is 2.70. The molecule has 0 spiro atoms. The van der Waals surface area contributed by atoms with Crippen LogP contribution >= 0.6 is 0 Å². The van der Waals surface area contributed by atoms with Gasteiger partial charge in [0.05, 0.1) is 0 Å². The molecule has 0 aromatic carbocycles. The Morgan fingerprint density at radius 1 is 0.818 bits per heavy atom. The molecule has 0 unspecified atom stereocenters. The fraction of sp³-hybridized carbons (Fsp3) is 0.455. The predicted molar refractivity (Wildman–Crippen MR) is 49.2 cm³/mol. The molecule has 1 radical (unpaired) electrons. The summed E-state index contributed by atoms with van der Waals surface area (Å²) in [5, 5.41) is 0. The zero-order chi connectivity index (χ0) is 7.78. The first-order valence-electron chi connectivity index (χ1n) is 4.35. The minimum atomic E-state index is 1.08. The third kappa shape index (κ3) is 4.60. The lowest BCUT2D eigenvalue weighted by Crippen LogP contribution is -1.66. The normalized spacial score (nSPS) is 28.4. The molecule has 0 saturated carbocycles. The van der Waals surface area contributed by atoms with Gasteiger partial charge in [-0.15, -0.1) is 0 Å². The first kappa shape index (κ1) is 8.32. The van der Waals surface area contributed by atoms with E-state index in [4.69, 9.17) is 0 Å². The Kier molecular flexibility index (Phi) is 4.51. The molecule has 0 heteroatoms. The number of rotatable bonds is 0. The van der Waals surface area contributed by atoms with Crippen LogP contribution in [0.15, 0.2) is 30.4 Å². The van der Waals surface area contributed by atoms with Gasteiger partial charge in [-0.25, -0.2) is 0 Å². The summed E-state index contributed by atoms with van der Waals surface area (Å²) < 4.78 is 0. The summed E-state index contributed by atoms with van der Waals surface area (Å²) in [6.07, 6.45) is 20.0. The quantitative estimate of drug-likeness (QED) is 0.460. The summed E-state index contributed by atoms with van der Waals surface area (Å²) in [6, 6.07) is 0. The van der Waals surface area contributed by atoms with E-state index in [2.05, 4.69) is 36.5 Å². The van der Waals surface area contributed by atoms with Crippen molar-refractivity contribution in [3.05, 3.63) is 36.5 Å². The fourth-order valence-corrected chi connectivity index (χ4v) is 1.06. The van der Waals surface area contributed by atoms with E-state index in [0.29, 0.717) is 0 Å². The molecule has 0 atom stereocenters. The van der Waals surface area contributed by atoms with Crippen LogP contribution in [0, 0.1) is 6.08 Å². The van der Waals surface area contributed by atoms with Gasteiger partial charge in [-0.3, -0.25) is 0 Å². The minimum Gasteiger partial charge on any atom is -0.0879 e. The highest BCUT2D eigenvalue weighted by Gasteiger charge is 1.81. The topological polar surface area (TPSA) is 0 Å². The molecule has 0 N–H and O–H groups in total. The summed E-state index contributed by atoms with van der Waals surface area (Å²) >= 11 is 0. The van der Waals surface area contributed by atoms with Gasteiger partial charge in [0.25, 0.3) is 0 Å². The Labute approximate surface area is 69.3 Å². The van der Waals surface area contributed by atoms with Gasteiger partial charge >= 0.3 is 0 Å². The molecular weight excluding hydrogens is 132 g/mol. The van der Waals surface area contributed by atoms with Crippen molar-refractivity contribution in [2.45, 2.75) is 32.1 Å². The maximum Gasteiger partial charge on any atom is -0.0169 e. The third-order valence-corrected chi connectivity index (χ3v) is 1.68. The fourth-order valence-electron chi connectivity index (χ4n) is 1.06. The summed E-state index contributed by atoms with van der Waals surface area (Å²) in [4.78, 5) is 0.